The van der Waals surface area contributed by atoms with Gasteiger partial charge in [0.1, 0.15) is 33.8 Å². The Morgan fingerprint density at radius 1 is 1.12 bits per heavy atom. The van der Waals surface area contributed by atoms with E-state index in [1.165, 1.54) is 10.6 Å². The number of benzene rings is 1. The normalized spacial score (nSPS) is 19.9. The van der Waals surface area contributed by atoms with Gasteiger partial charge in [-0.05, 0) is 18.2 Å². The molecule has 15 heteroatoms. The summed E-state index contributed by atoms with van der Waals surface area (Å²) in [5.74, 6) is 0.470. The highest BCUT2D eigenvalue weighted by atomic mass is 32.2. The average molecular weight is 630 g/mol. The summed E-state index contributed by atoms with van der Waals surface area (Å²) in [6, 6.07) is 7.72. The van der Waals surface area contributed by atoms with Crippen LogP contribution in [0.1, 0.15) is 12.8 Å². The first kappa shape index (κ1) is 28.1. The molecule has 2 aliphatic rings. The number of nitrogens with zero attached hydrogens (tertiary/aromatic N) is 6. The molecule has 0 atom stereocenters. The Morgan fingerprint density at radius 2 is 1.91 bits per heavy atom. The standard InChI is InChI=1S/C28H29F2N7O4S2/c29-18-14-19(30)24(41-17-3-12-43(39)13-4-17)16-21(18)35-8-5-34(6-9-35)7-10-36-26-25(42-28(36)38)22-15-20(23-2-1-11-40-23)33-37(22)27(31)32-26/h1-2,11,14-17H,3-10,12-13H2,(H2,31,32)/t17-,43+. The molecule has 0 spiro atoms. The second-order valence-corrected chi connectivity index (χ2v) is 13.3. The lowest BCUT2D eigenvalue weighted by molar-refractivity contribution is 0.181. The van der Waals surface area contributed by atoms with Crippen LogP contribution in [0.5, 0.6) is 5.75 Å². The van der Waals surface area contributed by atoms with Crippen LogP contribution in [-0.2, 0) is 17.7 Å². The molecule has 2 saturated heterocycles. The van der Waals surface area contributed by atoms with Gasteiger partial charge < -0.3 is 24.3 Å². The molecule has 1 aromatic carbocycles. The van der Waals surface area contributed by atoms with Crippen molar-refractivity contribution in [2.75, 3.05) is 54.9 Å². The molecule has 7 rings (SSSR count). The van der Waals surface area contributed by atoms with Gasteiger partial charge >= 0.3 is 4.87 Å². The van der Waals surface area contributed by atoms with Gasteiger partial charge in [0.25, 0.3) is 0 Å². The summed E-state index contributed by atoms with van der Waals surface area (Å²) in [5, 5.41) is 4.49. The van der Waals surface area contributed by atoms with Crippen molar-refractivity contribution in [1.82, 2.24) is 24.1 Å². The summed E-state index contributed by atoms with van der Waals surface area (Å²) in [4.78, 5) is 21.5. The van der Waals surface area contributed by atoms with Crippen molar-refractivity contribution in [2.24, 2.45) is 0 Å². The maximum Gasteiger partial charge on any atom is 0.309 e. The first-order valence-corrected chi connectivity index (χ1v) is 16.3. The van der Waals surface area contributed by atoms with Crippen LogP contribution in [0.4, 0.5) is 20.4 Å². The molecular formula is C28H29F2N7O4S2. The van der Waals surface area contributed by atoms with Crippen molar-refractivity contribution >= 4 is 50.0 Å². The van der Waals surface area contributed by atoms with E-state index < -0.39 is 22.8 Å². The summed E-state index contributed by atoms with van der Waals surface area (Å²) < 4.78 is 56.2. The number of rotatable bonds is 7. The lowest BCUT2D eigenvalue weighted by Gasteiger charge is -2.36. The monoisotopic (exact) mass is 629 g/mol. The lowest BCUT2D eigenvalue weighted by atomic mass is 10.2. The molecule has 0 bridgehead atoms. The molecule has 2 N–H and O–H groups in total. The number of thiazole rings is 1. The van der Waals surface area contributed by atoms with Gasteiger partial charge in [-0.2, -0.15) is 14.6 Å². The third-order valence-electron chi connectivity index (χ3n) is 8.00. The van der Waals surface area contributed by atoms with E-state index >= 15 is 0 Å². The molecule has 5 aromatic rings. The van der Waals surface area contributed by atoms with Gasteiger partial charge in [-0.15, -0.1) is 0 Å². The first-order valence-electron chi connectivity index (χ1n) is 14.0. The van der Waals surface area contributed by atoms with Crippen LogP contribution in [0.3, 0.4) is 0 Å². The van der Waals surface area contributed by atoms with Crippen molar-refractivity contribution in [1.29, 1.82) is 0 Å². The van der Waals surface area contributed by atoms with E-state index in [-0.39, 0.29) is 22.7 Å². The average Bonchev–Trinajstić information content (AvgIpc) is 3.75. The number of furan rings is 1. The molecule has 2 fully saturated rings. The Morgan fingerprint density at radius 3 is 2.65 bits per heavy atom. The predicted octanol–water partition coefficient (Wildman–Crippen LogP) is 3.34. The summed E-state index contributed by atoms with van der Waals surface area (Å²) in [6.45, 7) is 3.32. The Bertz CT molecular complexity index is 1820. The van der Waals surface area contributed by atoms with E-state index in [1.54, 1.807) is 23.0 Å². The molecule has 2 aliphatic heterocycles. The van der Waals surface area contributed by atoms with Gasteiger partial charge in [-0.25, -0.2) is 8.78 Å². The van der Waals surface area contributed by atoms with Crippen molar-refractivity contribution < 1.29 is 22.5 Å². The first-order chi connectivity index (χ1) is 20.8. The SMILES string of the molecule is Nc1nc2c(sc(=O)n2CCN2CCN(c3cc(O[C@H]4CC[S@@+]([O-])CC4)c(F)cc3F)CC2)c2cc(-c3ccco3)nn12. The molecule has 0 radical (unpaired) electrons. The van der Waals surface area contributed by atoms with Crippen molar-refractivity contribution in [3.63, 3.8) is 0 Å². The molecule has 226 valence electrons. The van der Waals surface area contributed by atoms with Crippen LogP contribution < -0.4 is 20.2 Å². The highest BCUT2D eigenvalue weighted by Gasteiger charge is 2.27. The molecule has 0 saturated carbocycles. The van der Waals surface area contributed by atoms with Crippen LogP contribution in [0, 0.1) is 11.6 Å². The van der Waals surface area contributed by atoms with Crippen molar-refractivity contribution in [3.8, 4) is 17.2 Å². The van der Waals surface area contributed by atoms with E-state index in [0.29, 0.717) is 96.6 Å². The minimum absolute atomic E-state index is 0.0237. The number of aromatic nitrogens is 4. The number of fused-ring (bicyclic) bond motifs is 3. The fraction of sp³-hybridized carbons (Fsp3) is 0.393. The minimum atomic E-state index is -0.852. The van der Waals surface area contributed by atoms with E-state index in [4.69, 9.17) is 14.9 Å². The van der Waals surface area contributed by atoms with E-state index in [9.17, 15) is 18.1 Å². The predicted molar refractivity (Wildman–Crippen MR) is 161 cm³/mol. The zero-order valence-corrected chi connectivity index (χ0v) is 24.7. The summed E-state index contributed by atoms with van der Waals surface area (Å²) in [5.41, 5.74) is 8.32. The second-order valence-electron chi connectivity index (χ2n) is 10.7. The number of piperazine rings is 1. The zero-order chi connectivity index (χ0) is 29.7. The summed E-state index contributed by atoms with van der Waals surface area (Å²) >= 11 is 0.248. The fourth-order valence-electron chi connectivity index (χ4n) is 5.66. The van der Waals surface area contributed by atoms with Crippen LogP contribution in [0.25, 0.3) is 27.3 Å². The lowest BCUT2D eigenvalue weighted by Crippen LogP contribution is -2.47. The van der Waals surface area contributed by atoms with Crippen molar-refractivity contribution in [3.05, 3.63) is 57.9 Å². The number of ether oxygens (including phenoxy) is 1. The zero-order valence-electron chi connectivity index (χ0n) is 23.1. The molecule has 43 heavy (non-hydrogen) atoms. The Kier molecular flexibility index (Phi) is 7.49. The topological polar surface area (TPSA) is 130 Å². The second kappa shape index (κ2) is 11.4. The minimum Gasteiger partial charge on any atom is -0.616 e. The maximum absolute atomic E-state index is 14.8. The number of hydrogen-bond acceptors (Lipinski definition) is 10. The third-order valence-corrected chi connectivity index (χ3v) is 10.4. The van der Waals surface area contributed by atoms with Crippen molar-refractivity contribution in [2.45, 2.75) is 25.5 Å². The molecule has 0 amide bonds. The highest BCUT2D eigenvalue weighted by Crippen LogP contribution is 2.32. The number of halogens is 2. The van der Waals surface area contributed by atoms with Gasteiger partial charge in [0.2, 0.25) is 5.95 Å². The molecule has 4 aromatic heterocycles. The highest BCUT2D eigenvalue weighted by molar-refractivity contribution is 7.91. The molecule has 0 aliphatic carbocycles. The fourth-order valence-corrected chi connectivity index (χ4v) is 7.88. The van der Waals surface area contributed by atoms with Gasteiger partial charge in [-0.1, -0.05) is 22.5 Å². The molecule has 11 nitrogen and oxygen atoms in total. The Labute approximate surface area is 251 Å². The quantitative estimate of drug-likeness (QED) is 0.270. The molecule has 6 heterocycles. The van der Waals surface area contributed by atoms with Gasteiger partial charge in [0.15, 0.2) is 23.0 Å². The van der Waals surface area contributed by atoms with Crippen LogP contribution in [0.15, 0.2) is 45.8 Å². The summed E-state index contributed by atoms with van der Waals surface area (Å²) in [6.07, 6.45) is 2.51. The van der Waals surface area contributed by atoms with Gasteiger partial charge in [0.05, 0.1) is 17.5 Å². The van der Waals surface area contributed by atoms with Gasteiger partial charge in [0, 0.05) is 64.2 Å². The van der Waals surface area contributed by atoms with Crippen LogP contribution >= 0.6 is 11.3 Å². The molecule has 0 unspecified atom stereocenters. The van der Waals surface area contributed by atoms with Gasteiger partial charge in [-0.3, -0.25) is 14.3 Å². The van der Waals surface area contributed by atoms with Crippen LogP contribution in [0.2, 0.25) is 0 Å². The number of hydrogen-bond donors (Lipinski definition) is 1. The number of anilines is 2. The van der Waals surface area contributed by atoms with Crippen LogP contribution in [-0.4, -0.2) is 79.0 Å². The Balaban J connectivity index is 1.03. The van der Waals surface area contributed by atoms with E-state index in [2.05, 4.69) is 15.0 Å². The number of nitrogens with two attached hydrogens (primary N) is 1. The summed E-state index contributed by atoms with van der Waals surface area (Å²) in [7, 11) is 0. The third kappa shape index (κ3) is 5.46. The van der Waals surface area contributed by atoms with E-state index in [0.717, 1.165) is 17.4 Å². The Hall–Kier alpha value is -3.66. The maximum atomic E-state index is 14.8. The smallest absolute Gasteiger partial charge is 0.309 e. The van der Waals surface area contributed by atoms with E-state index in [1.807, 2.05) is 11.0 Å². The number of nitrogen functional groups attached to an aromatic ring is 1. The largest absolute Gasteiger partial charge is 0.616 e. The molecular weight excluding hydrogens is 600 g/mol.